The first-order chi connectivity index (χ1) is 10.4. The van der Waals surface area contributed by atoms with Crippen molar-refractivity contribution in [1.29, 1.82) is 0 Å². The third-order valence-corrected chi connectivity index (χ3v) is 5.60. The van der Waals surface area contributed by atoms with Crippen LogP contribution in [-0.2, 0) is 19.5 Å². The van der Waals surface area contributed by atoms with E-state index >= 15 is 0 Å². The SMILES string of the molecule is COC(=O)c1ccc(C)c(S(=O)(=O)N2CCOC(CN)C2)c1. The maximum atomic E-state index is 12.8. The van der Waals surface area contributed by atoms with Crippen molar-refractivity contribution in [2.75, 3.05) is 33.4 Å². The molecule has 1 aliphatic heterocycles. The van der Waals surface area contributed by atoms with E-state index in [1.165, 1.54) is 17.5 Å². The highest BCUT2D eigenvalue weighted by Crippen LogP contribution is 2.23. The second kappa shape index (κ2) is 6.74. The Morgan fingerprint density at radius 2 is 2.23 bits per heavy atom. The molecule has 22 heavy (non-hydrogen) atoms. The number of hydrogen-bond donors (Lipinski definition) is 1. The van der Waals surface area contributed by atoms with Gasteiger partial charge in [0.1, 0.15) is 0 Å². The quantitative estimate of drug-likeness (QED) is 0.789. The van der Waals surface area contributed by atoms with Gasteiger partial charge in [0.25, 0.3) is 0 Å². The average Bonchev–Trinajstić information content (AvgIpc) is 2.54. The Morgan fingerprint density at radius 1 is 1.50 bits per heavy atom. The van der Waals surface area contributed by atoms with Crippen LogP contribution in [0.3, 0.4) is 0 Å². The van der Waals surface area contributed by atoms with Crippen LogP contribution in [0.15, 0.2) is 23.1 Å². The molecule has 1 aromatic rings. The molecule has 1 unspecified atom stereocenters. The number of hydrogen-bond acceptors (Lipinski definition) is 6. The van der Waals surface area contributed by atoms with Gasteiger partial charge in [-0.2, -0.15) is 4.31 Å². The molecule has 0 saturated carbocycles. The minimum absolute atomic E-state index is 0.105. The van der Waals surface area contributed by atoms with Crippen LogP contribution >= 0.6 is 0 Å². The van der Waals surface area contributed by atoms with Gasteiger partial charge in [-0.1, -0.05) is 6.07 Å². The van der Waals surface area contributed by atoms with Gasteiger partial charge < -0.3 is 15.2 Å². The summed E-state index contributed by atoms with van der Waals surface area (Å²) < 4.78 is 37.0. The zero-order valence-electron chi connectivity index (χ0n) is 12.6. The van der Waals surface area contributed by atoms with Crippen molar-refractivity contribution >= 4 is 16.0 Å². The van der Waals surface area contributed by atoms with Crippen molar-refractivity contribution in [3.8, 4) is 0 Å². The van der Waals surface area contributed by atoms with E-state index in [0.717, 1.165) is 0 Å². The highest BCUT2D eigenvalue weighted by molar-refractivity contribution is 7.89. The lowest BCUT2D eigenvalue weighted by molar-refractivity contribution is 0.00449. The summed E-state index contributed by atoms with van der Waals surface area (Å²) in [5.41, 5.74) is 6.33. The van der Waals surface area contributed by atoms with Crippen molar-refractivity contribution in [1.82, 2.24) is 4.31 Å². The number of aryl methyl sites for hydroxylation is 1. The van der Waals surface area contributed by atoms with E-state index in [1.807, 2.05) is 0 Å². The topological polar surface area (TPSA) is 98.9 Å². The number of esters is 1. The number of rotatable bonds is 4. The van der Waals surface area contributed by atoms with Crippen molar-refractivity contribution in [3.63, 3.8) is 0 Å². The number of carbonyl (C=O) groups is 1. The summed E-state index contributed by atoms with van der Waals surface area (Å²) in [5.74, 6) is -0.571. The van der Waals surface area contributed by atoms with E-state index < -0.39 is 16.0 Å². The minimum Gasteiger partial charge on any atom is -0.465 e. The van der Waals surface area contributed by atoms with Crippen LogP contribution in [0.2, 0.25) is 0 Å². The Bertz CT molecular complexity index is 659. The monoisotopic (exact) mass is 328 g/mol. The van der Waals surface area contributed by atoms with E-state index in [0.29, 0.717) is 12.2 Å². The Morgan fingerprint density at radius 3 is 2.86 bits per heavy atom. The molecular weight excluding hydrogens is 308 g/mol. The Labute approximate surface area is 130 Å². The van der Waals surface area contributed by atoms with Crippen molar-refractivity contribution in [2.45, 2.75) is 17.9 Å². The predicted octanol–water partition coefficient (Wildman–Crippen LogP) is 0.130. The van der Waals surface area contributed by atoms with Crippen LogP contribution in [0, 0.1) is 6.92 Å². The molecule has 2 rings (SSSR count). The number of morpholine rings is 1. The molecule has 0 radical (unpaired) electrons. The normalized spacial score (nSPS) is 19.9. The molecule has 122 valence electrons. The van der Waals surface area contributed by atoms with Gasteiger partial charge in [-0.05, 0) is 24.6 Å². The molecule has 0 amide bonds. The molecule has 0 aromatic heterocycles. The van der Waals surface area contributed by atoms with Gasteiger partial charge in [0.05, 0.1) is 30.3 Å². The van der Waals surface area contributed by atoms with Crippen LogP contribution in [0.25, 0.3) is 0 Å². The molecule has 1 heterocycles. The van der Waals surface area contributed by atoms with E-state index in [2.05, 4.69) is 4.74 Å². The fraction of sp³-hybridized carbons (Fsp3) is 0.500. The minimum atomic E-state index is -3.71. The number of nitrogens with zero attached hydrogens (tertiary/aromatic N) is 1. The zero-order valence-corrected chi connectivity index (χ0v) is 13.4. The molecule has 0 bridgehead atoms. The summed E-state index contributed by atoms with van der Waals surface area (Å²) in [7, 11) is -2.46. The largest absolute Gasteiger partial charge is 0.465 e. The molecule has 0 aliphatic carbocycles. The third kappa shape index (κ3) is 3.30. The van der Waals surface area contributed by atoms with Gasteiger partial charge >= 0.3 is 5.97 Å². The fourth-order valence-electron chi connectivity index (χ4n) is 2.32. The van der Waals surface area contributed by atoms with Gasteiger partial charge in [-0.3, -0.25) is 0 Å². The summed E-state index contributed by atoms with van der Waals surface area (Å²) in [5, 5.41) is 0. The number of methoxy groups -OCH3 is 1. The summed E-state index contributed by atoms with van der Waals surface area (Å²) in [4.78, 5) is 11.7. The molecule has 1 atom stereocenters. The summed E-state index contributed by atoms with van der Waals surface area (Å²) in [6.07, 6.45) is -0.312. The molecule has 2 N–H and O–H groups in total. The number of nitrogens with two attached hydrogens (primary N) is 1. The number of ether oxygens (including phenoxy) is 2. The lowest BCUT2D eigenvalue weighted by atomic mass is 10.1. The van der Waals surface area contributed by atoms with Crippen LogP contribution in [0.1, 0.15) is 15.9 Å². The summed E-state index contributed by atoms with van der Waals surface area (Å²) in [6.45, 7) is 2.72. The van der Waals surface area contributed by atoms with Crippen molar-refractivity contribution < 1.29 is 22.7 Å². The molecule has 7 nitrogen and oxygen atoms in total. The van der Waals surface area contributed by atoms with E-state index in [9.17, 15) is 13.2 Å². The summed E-state index contributed by atoms with van der Waals surface area (Å²) in [6, 6.07) is 4.49. The third-order valence-electron chi connectivity index (χ3n) is 3.59. The van der Waals surface area contributed by atoms with Gasteiger partial charge in [-0.15, -0.1) is 0 Å². The second-order valence-corrected chi connectivity index (χ2v) is 6.97. The predicted molar refractivity (Wildman–Crippen MR) is 80.1 cm³/mol. The van der Waals surface area contributed by atoms with Gasteiger partial charge in [0.2, 0.25) is 10.0 Å². The molecule has 1 aliphatic rings. The first-order valence-electron chi connectivity index (χ1n) is 6.91. The Hall–Kier alpha value is -1.48. The van der Waals surface area contributed by atoms with Gasteiger partial charge in [0, 0.05) is 19.6 Å². The highest BCUT2D eigenvalue weighted by Gasteiger charge is 2.31. The van der Waals surface area contributed by atoms with Crippen LogP contribution in [0.5, 0.6) is 0 Å². The summed E-state index contributed by atoms with van der Waals surface area (Å²) >= 11 is 0. The Kier molecular flexibility index (Phi) is 5.17. The van der Waals surface area contributed by atoms with Crippen molar-refractivity contribution in [2.24, 2.45) is 5.73 Å². The number of sulfonamides is 1. The molecule has 1 saturated heterocycles. The molecule has 8 heteroatoms. The Balaban J connectivity index is 2.38. The second-order valence-electron chi connectivity index (χ2n) is 5.06. The highest BCUT2D eigenvalue weighted by atomic mass is 32.2. The van der Waals surface area contributed by atoms with Crippen molar-refractivity contribution in [3.05, 3.63) is 29.3 Å². The first kappa shape index (κ1) is 16.9. The zero-order chi connectivity index (χ0) is 16.3. The lowest BCUT2D eigenvalue weighted by Crippen LogP contribution is -2.48. The first-order valence-corrected chi connectivity index (χ1v) is 8.35. The molecule has 1 fully saturated rings. The average molecular weight is 328 g/mol. The van der Waals surface area contributed by atoms with E-state index in [4.69, 9.17) is 10.5 Å². The fourth-order valence-corrected chi connectivity index (χ4v) is 4.02. The maximum absolute atomic E-state index is 12.8. The standard InChI is InChI=1S/C14H20N2O5S/c1-10-3-4-11(14(17)20-2)7-13(10)22(18,19)16-5-6-21-12(8-15)9-16/h3-4,7,12H,5-6,8-9,15H2,1-2H3. The van der Waals surface area contributed by atoms with E-state index in [1.54, 1.807) is 19.1 Å². The van der Waals surface area contributed by atoms with Crippen LogP contribution in [0.4, 0.5) is 0 Å². The van der Waals surface area contributed by atoms with Crippen LogP contribution < -0.4 is 5.73 Å². The van der Waals surface area contributed by atoms with E-state index in [-0.39, 0.29) is 36.2 Å². The van der Waals surface area contributed by atoms with Gasteiger partial charge in [-0.25, -0.2) is 13.2 Å². The van der Waals surface area contributed by atoms with Crippen LogP contribution in [-0.4, -0.2) is 58.1 Å². The maximum Gasteiger partial charge on any atom is 0.337 e. The molecule has 1 aromatic carbocycles. The number of benzene rings is 1. The molecule has 0 spiro atoms. The van der Waals surface area contributed by atoms with Gasteiger partial charge in [0.15, 0.2) is 0 Å². The lowest BCUT2D eigenvalue weighted by Gasteiger charge is -2.31. The number of carbonyl (C=O) groups excluding carboxylic acids is 1. The molecular formula is C14H20N2O5S. The smallest absolute Gasteiger partial charge is 0.337 e.